The highest BCUT2D eigenvalue weighted by molar-refractivity contribution is 7.92. The standard InChI is InChI=1S/C19H22N4O2S.ClH/c20-15-3-1-5-19(13-15)26(24,25)21-16-6-8-17(9-7-16)23-12-11-22-10-2-4-18(22)14-23;/h1,3-9,13,21H,2,10-12,14,20H2;1H. The van der Waals surface area contributed by atoms with Crippen LogP contribution in [0.25, 0.3) is 0 Å². The highest BCUT2D eigenvalue weighted by Gasteiger charge is 2.23. The van der Waals surface area contributed by atoms with Gasteiger partial charge in [-0.15, -0.1) is 12.4 Å². The number of nitrogens with two attached hydrogens (primary N) is 1. The van der Waals surface area contributed by atoms with Crippen LogP contribution in [0.5, 0.6) is 0 Å². The second-order valence-electron chi connectivity index (χ2n) is 6.62. The number of nitrogen functional groups attached to an aromatic ring is 1. The zero-order valence-corrected chi connectivity index (χ0v) is 16.5. The predicted molar refractivity (Wildman–Crippen MR) is 112 cm³/mol. The molecule has 144 valence electrons. The second kappa shape index (κ2) is 7.70. The van der Waals surface area contributed by atoms with Crippen LogP contribution in [0.3, 0.4) is 0 Å². The number of benzene rings is 2. The van der Waals surface area contributed by atoms with Crippen LogP contribution in [0.15, 0.2) is 65.2 Å². The SMILES string of the molecule is Cl.Nc1cccc(S(=O)(=O)Nc2ccc(N3CCN4CCC=C4C3)cc2)c1. The van der Waals surface area contributed by atoms with E-state index in [-0.39, 0.29) is 17.3 Å². The minimum Gasteiger partial charge on any atom is -0.399 e. The molecule has 2 heterocycles. The van der Waals surface area contributed by atoms with Gasteiger partial charge in [-0.05, 0) is 48.9 Å². The first-order chi connectivity index (χ1) is 12.5. The molecule has 0 saturated carbocycles. The Kier molecular flexibility index (Phi) is 5.53. The zero-order chi connectivity index (χ0) is 18.1. The topological polar surface area (TPSA) is 78.7 Å². The van der Waals surface area contributed by atoms with Gasteiger partial charge in [-0.1, -0.05) is 12.1 Å². The third-order valence-corrected chi connectivity index (χ3v) is 6.21. The number of piperazine rings is 1. The Morgan fingerprint density at radius 1 is 0.963 bits per heavy atom. The fourth-order valence-electron chi connectivity index (χ4n) is 3.45. The van der Waals surface area contributed by atoms with E-state index in [1.54, 1.807) is 24.3 Å². The second-order valence-corrected chi connectivity index (χ2v) is 8.30. The van der Waals surface area contributed by atoms with Crippen LogP contribution < -0.4 is 15.4 Å². The van der Waals surface area contributed by atoms with Crippen molar-refractivity contribution < 1.29 is 8.42 Å². The fraction of sp³-hybridized carbons (Fsp3) is 0.263. The monoisotopic (exact) mass is 406 g/mol. The van der Waals surface area contributed by atoms with E-state index in [9.17, 15) is 8.42 Å². The molecule has 0 radical (unpaired) electrons. The molecule has 3 N–H and O–H groups in total. The van der Waals surface area contributed by atoms with E-state index >= 15 is 0 Å². The Labute approximate surface area is 166 Å². The van der Waals surface area contributed by atoms with Gasteiger partial charge in [0.1, 0.15) is 0 Å². The lowest BCUT2D eigenvalue weighted by Gasteiger charge is -2.37. The van der Waals surface area contributed by atoms with Crippen LogP contribution in [-0.2, 0) is 10.0 Å². The van der Waals surface area contributed by atoms with Crippen molar-refractivity contribution in [3.8, 4) is 0 Å². The Bertz CT molecular complexity index is 944. The van der Waals surface area contributed by atoms with Crippen molar-refractivity contribution in [2.24, 2.45) is 0 Å². The fourth-order valence-corrected chi connectivity index (χ4v) is 4.57. The van der Waals surface area contributed by atoms with Gasteiger partial charge in [-0.3, -0.25) is 4.72 Å². The smallest absolute Gasteiger partial charge is 0.261 e. The summed E-state index contributed by atoms with van der Waals surface area (Å²) in [6, 6.07) is 13.8. The summed E-state index contributed by atoms with van der Waals surface area (Å²) in [5, 5.41) is 0. The molecule has 0 amide bonds. The first-order valence-electron chi connectivity index (χ1n) is 8.69. The van der Waals surface area contributed by atoms with Gasteiger partial charge in [0.2, 0.25) is 0 Å². The summed E-state index contributed by atoms with van der Waals surface area (Å²) in [4.78, 5) is 4.92. The Hall–Kier alpha value is -2.38. The normalized spacial score (nSPS) is 16.4. The lowest BCUT2D eigenvalue weighted by molar-refractivity contribution is 0.348. The van der Waals surface area contributed by atoms with Crippen molar-refractivity contribution in [3.05, 3.63) is 60.3 Å². The third-order valence-electron chi connectivity index (χ3n) is 4.83. The molecule has 1 saturated heterocycles. The molecule has 2 aromatic carbocycles. The molecule has 2 aliphatic heterocycles. The van der Waals surface area contributed by atoms with Crippen molar-refractivity contribution >= 4 is 39.5 Å². The number of hydrogen-bond donors (Lipinski definition) is 2. The summed E-state index contributed by atoms with van der Waals surface area (Å²) >= 11 is 0. The number of fused-ring (bicyclic) bond motifs is 1. The first kappa shape index (κ1) is 19.4. The van der Waals surface area contributed by atoms with Crippen LogP contribution in [-0.4, -0.2) is 39.5 Å². The van der Waals surface area contributed by atoms with Gasteiger partial charge in [-0.2, -0.15) is 0 Å². The van der Waals surface area contributed by atoms with E-state index in [1.807, 2.05) is 12.1 Å². The molecule has 0 spiro atoms. The van der Waals surface area contributed by atoms with Gasteiger partial charge in [0.15, 0.2) is 0 Å². The summed E-state index contributed by atoms with van der Waals surface area (Å²) in [5.41, 5.74) is 9.13. The largest absolute Gasteiger partial charge is 0.399 e. The van der Waals surface area contributed by atoms with Crippen molar-refractivity contribution in [2.45, 2.75) is 11.3 Å². The molecule has 8 heteroatoms. The number of hydrogen-bond acceptors (Lipinski definition) is 5. The summed E-state index contributed by atoms with van der Waals surface area (Å²) < 4.78 is 27.6. The zero-order valence-electron chi connectivity index (χ0n) is 14.8. The molecular formula is C19H23ClN4O2S. The van der Waals surface area contributed by atoms with Crippen molar-refractivity contribution in [1.29, 1.82) is 0 Å². The predicted octanol–water partition coefficient (Wildman–Crippen LogP) is 2.90. The van der Waals surface area contributed by atoms with Gasteiger partial charge >= 0.3 is 0 Å². The minimum atomic E-state index is -3.64. The molecule has 0 aromatic heterocycles. The molecule has 0 bridgehead atoms. The molecule has 0 unspecified atom stereocenters. The maximum absolute atomic E-state index is 12.5. The average molecular weight is 407 g/mol. The number of nitrogens with zero attached hydrogens (tertiary/aromatic N) is 2. The number of nitrogens with one attached hydrogen (secondary N) is 1. The van der Waals surface area contributed by atoms with Gasteiger partial charge in [0, 0.05) is 42.4 Å². The van der Waals surface area contributed by atoms with Crippen molar-refractivity contribution in [2.75, 3.05) is 41.5 Å². The van der Waals surface area contributed by atoms with E-state index in [0.29, 0.717) is 11.4 Å². The Morgan fingerprint density at radius 2 is 1.70 bits per heavy atom. The van der Waals surface area contributed by atoms with Crippen LogP contribution in [0.1, 0.15) is 6.42 Å². The maximum atomic E-state index is 12.5. The highest BCUT2D eigenvalue weighted by Crippen LogP contribution is 2.26. The van der Waals surface area contributed by atoms with E-state index in [4.69, 9.17) is 5.73 Å². The summed E-state index contributed by atoms with van der Waals surface area (Å²) in [6.07, 6.45) is 3.44. The molecule has 4 rings (SSSR count). The van der Waals surface area contributed by atoms with Gasteiger partial charge in [-0.25, -0.2) is 8.42 Å². The molecule has 2 aromatic rings. The summed E-state index contributed by atoms with van der Waals surface area (Å²) in [5.74, 6) is 0. The quantitative estimate of drug-likeness (QED) is 0.763. The van der Waals surface area contributed by atoms with Crippen LogP contribution in [0.2, 0.25) is 0 Å². The molecule has 0 atom stereocenters. The molecular weight excluding hydrogens is 384 g/mol. The van der Waals surface area contributed by atoms with E-state index in [0.717, 1.165) is 38.3 Å². The van der Waals surface area contributed by atoms with Crippen LogP contribution in [0, 0.1) is 0 Å². The van der Waals surface area contributed by atoms with E-state index < -0.39 is 10.0 Å². The van der Waals surface area contributed by atoms with Gasteiger partial charge in [0.05, 0.1) is 11.4 Å². The van der Waals surface area contributed by atoms with Crippen molar-refractivity contribution in [3.63, 3.8) is 0 Å². The van der Waals surface area contributed by atoms with Crippen molar-refractivity contribution in [1.82, 2.24) is 4.90 Å². The lowest BCUT2D eigenvalue weighted by atomic mass is 10.2. The lowest BCUT2D eigenvalue weighted by Crippen LogP contribution is -2.43. The molecule has 6 nitrogen and oxygen atoms in total. The van der Waals surface area contributed by atoms with Crippen LogP contribution >= 0.6 is 12.4 Å². The summed E-state index contributed by atoms with van der Waals surface area (Å²) in [7, 11) is -3.64. The molecule has 1 fully saturated rings. The number of halogens is 1. The van der Waals surface area contributed by atoms with Crippen LogP contribution in [0.4, 0.5) is 17.1 Å². The number of sulfonamides is 1. The number of anilines is 3. The van der Waals surface area contributed by atoms with E-state index in [1.165, 1.54) is 17.8 Å². The van der Waals surface area contributed by atoms with E-state index in [2.05, 4.69) is 20.6 Å². The molecule has 27 heavy (non-hydrogen) atoms. The van der Waals surface area contributed by atoms with Gasteiger partial charge in [0.25, 0.3) is 10.0 Å². The Morgan fingerprint density at radius 3 is 2.44 bits per heavy atom. The van der Waals surface area contributed by atoms with Gasteiger partial charge < -0.3 is 15.5 Å². The number of rotatable bonds is 4. The molecule has 0 aliphatic carbocycles. The minimum absolute atomic E-state index is 0. The average Bonchev–Trinajstić information content (AvgIpc) is 3.10. The Balaban J connectivity index is 0.00000210. The molecule has 2 aliphatic rings. The first-order valence-corrected chi connectivity index (χ1v) is 10.2. The summed E-state index contributed by atoms with van der Waals surface area (Å²) in [6.45, 7) is 4.06. The highest BCUT2D eigenvalue weighted by atomic mass is 35.5. The third kappa shape index (κ3) is 4.14. The maximum Gasteiger partial charge on any atom is 0.261 e.